The van der Waals surface area contributed by atoms with E-state index in [4.69, 9.17) is 4.74 Å². The maximum atomic E-state index is 12.1. The number of carbonyl (C=O) groups is 1. The molecule has 1 heterocycles. The van der Waals surface area contributed by atoms with E-state index < -0.39 is 0 Å². The highest BCUT2D eigenvalue weighted by atomic mass is 16.5. The van der Waals surface area contributed by atoms with Crippen LogP contribution in [0.5, 0.6) is 5.75 Å². The number of fused-ring (bicyclic) bond motifs is 1. The first kappa shape index (κ1) is 12.2. The predicted molar refractivity (Wildman–Crippen MR) is 68.6 cm³/mol. The van der Waals surface area contributed by atoms with Crippen LogP contribution in [-0.4, -0.2) is 11.9 Å². The van der Waals surface area contributed by atoms with Crippen LogP contribution in [0.2, 0.25) is 0 Å². The molecule has 0 saturated carbocycles. The summed E-state index contributed by atoms with van der Waals surface area (Å²) in [5.74, 6) is 0.963. The monoisotopic (exact) mass is 232 g/mol. The molecule has 17 heavy (non-hydrogen) atoms. The van der Waals surface area contributed by atoms with Crippen molar-refractivity contribution in [1.82, 2.24) is 0 Å². The van der Waals surface area contributed by atoms with Crippen LogP contribution in [0, 0.1) is 12.3 Å². The van der Waals surface area contributed by atoms with E-state index in [1.54, 1.807) is 0 Å². The summed E-state index contributed by atoms with van der Waals surface area (Å²) in [6, 6.07) is 5.83. The number of ether oxygens (including phenoxy) is 1. The molecule has 0 fully saturated rings. The third-order valence-corrected chi connectivity index (χ3v) is 2.98. The zero-order valence-corrected chi connectivity index (χ0v) is 11.0. The second-order valence-electron chi connectivity index (χ2n) is 6.13. The second kappa shape index (κ2) is 4.17. The fourth-order valence-corrected chi connectivity index (χ4v) is 2.30. The lowest BCUT2D eigenvalue weighted by Crippen LogP contribution is -2.30. The van der Waals surface area contributed by atoms with Crippen molar-refractivity contribution in [1.29, 1.82) is 0 Å². The first-order valence-electron chi connectivity index (χ1n) is 6.16. The molecule has 2 rings (SSSR count). The summed E-state index contributed by atoms with van der Waals surface area (Å²) in [6.45, 7) is 8.51. The lowest BCUT2D eigenvalue weighted by atomic mass is 9.86. The van der Waals surface area contributed by atoms with Gasteiger partial charge in [-0.15, -0.1) is 0 Å². The Morgan fingerprint density at radius 1 is 1.35 bits per heavy atom. The van der Waals surface area contributed by atoms with Gasteiger partial charge in [0.05, 0.1) is 5.56 Å². The summed E-state index contributed by atoms with van der Waals surface area (Å²) in [7, 11) is 0. The average Bonchev–Trinajstić information content (AvgIpc) is 2.17. The predicted octanol–water partition coefficient (Wildman–Crippen LogP) is 3.77. The first-order chi connectivity index (χ1) is 7.85. The molecule has 1 aromatic rings. The summed E-state index contributed by atoms with van der Waals surface area (Å²) in [6.07, 6.45) is 1.44. The van der Waals surface area contributed by atoms with E-state index >= 15 is 0 Å². The van der Waals surface area contributed by atoms with E-state index in [0.717, 1.165) is 23.3 Å². The van der Waals surface area contributed by atoms with Gasteiger partial charge in [-0.2, -0.15) is 0 Å². The molecule has 1 aliphatic heterocycles. The van der Waals surface area contributed by atoms with Gasteiger partial charge < -0.3 is 4.74 Å². The van der Waals surface area contributed by atoms with Gasteiger partial charge in [0.15, 0.2) is 5.78 Å². The Kier molecular flexibility index (Phi) is 2.98. The molecule has 1 aliphatic rings. The van der Waals surface area contributed by atoms with E-state index in [2.05, 4.69) is 20.8 Å². The lowest BCUT2D eigenvalue weighted by molar-refractivity contribution is 0.0776. The highest BCUT2D eigenvalue weighted by molar-refractivity contribution is 6.00. The summed E-state index contributed by atoms with van der Waals surface area (Å²) in [4.78, 5) is 12.1. The molecule has 2 heteroatoms. The molecule has 0 N–H and O–H groups in total. The molecule has 0 aromatic heterocycles. The number of rotatable bonds is 1. The van der Waals surface area contributed by atoms with Gasteiger partial charge in [-0.05, 0) is 30.9 Å². The van der Waals surface area contributed by atoms with Gasteiger partial charge in [-0.3, -0.25) is 4.79 Å². The van der Waals surface area contributed by atoms with Crippen LogP contribution in [0.15, 0.2) is 18.2 Å². The molecule has 1 atom stereocenters. The maximum absolute atomic E-state index is 12.1. The van der Waals surface area contributed by atoms with Crippen molar-refractivity contribution < 1.29 is 9.53 Å². The number of benzene rings is 1. The van der Waals surface area contributed by atoms with E-state index in [1.807, 2.05) is 25.1 Å². The third-order valence-electron chi connectivity index (χ3n) is 2.98. The van der Waals surface area contributed by atoms with Crippen LogP contribution in [0.3, 0.4) is 0 Å². The minimum Gasteiger partial charge on any atom is -0.489 e. The minimum absolute atomic E-state index is 0.0257. The molecule has 92 valence electrons. The van der Waals surface area contributed by atoms with E-state index in [9.17, 15) is 4.79 Å². The van der Waals surface area contributed by atoms with Crippen LogP contribution >= 0.6 is 0 Å². The smallest absolute Gasteiger partial charge is 0.170 e. The van der Waals surface area contributed by atoms with Gasteiger partial charge in [0.25, 0.3) is 0 Å². The van der Waals surface area contributed by atoms with Crippen LogP contribution < -0.4 is 4.74 Å². The Morgan fingerprint density at radius 3 is 2.71 bits per heavy atom. The van der Waals surface area contributed by atoms with Crippen LogP contribution in [0.4, 0.5) is 0 Å². The molecular weight excluding hydrogens is 212 g/mol. The summed E-state index contributed by atoms with van der Waals surface area (Å²) in [5.41, 5.74) is 2.04. The average molecular weight is 232 g/mol. The normalized spacial score (nSPS) is 19.8. The lowest BCUT2D eigenvalue weighted by Gasteiger charge is -2.30. The van der Waals surface area contributed by atoms with Crippen molar-refractivity contribution in [3.63, 3.8) is 0 Å². The number of aryl methyl sites for hydroxylation is 1. The second-order valence-corrected chi connectivity index (χ2v) is 6.13. The van der Waals surface area contributed by atoms with Gasteiger partial charge in [0.2, 0.25) is 0 Å². The summed E-state index contributed by atoms with van der Waals surface area (Å²) >= 11 is 0. The molecule has 0 radical (unpaired) electrons. The minimum atomic E-state index is 0.0257. The van der Waals surface area contributed by atoms with Crippen LogP contribution in [0.25, 0.3) is 0 Å². The van der Waals surface area contributed by atoms with Gasteiger partial charge in [0.1, 0.15) is 11.9 Å². The van der Waals surface area contributed by atoms with Crippen molar-refractivity contribution in [2.45, 2.75) is 46.6 Å². The number of hydrogen-bond acceptors (Lipinski definition) is 2. The standard InChI is InChI=1S/C15H20O2/c1-10-5-6-14-12(7-10)13(16)8-11(17-14)9-15(2,3)4/h5-7,11H,8-9H2,1-4H3. The zero-order chi connectivity index (χ0) is 12.6. The quantitative estimate of drug-likeness (QED) is 0.736. The fraction of sp³-hybridized carbons (Fsp3) is 0.533. The topological polar surface area (TPSA) is 26.3 Å². The Balaban J connectivity index is 2.22. The maximum Gasteiger partial charge on any atom is 0.170 e. The Labute approximate surface area is 103 Å². The number of carbonyl (C=O) groups excluding carboxylic acids is 1. The van der Waals surface area contributed by atoms with Crippen molar-refractivity contribution in [2.24, 2.45) is 5.41 Å². The van der Waals surface area contributed by atoms with Crippen molar-refractivity contribution in [3.8, 4) is 5.75 Å². The molecule has 0 aliphatic carbocycles. The first-order valence-corrected chi connectivity index (χ1v) is 6.16. The third kappa shape index (κ3) is 2.87. The van der Waals surface area contributed by atoms with Gasteiger partial charge in [0, 0.05) is 6.42 Å². The molecule has 1 unspecified atom stereocenters. The largest absolute Gasteiger partial charge is 0.489 e. The Hall–Kier alpha value is -1.31. The van der Waals surface area contributed by atoms with Gasteiger partial charge >= 0.3 is 0 Å². The molecule has 0 spiro atoms. The summed E-state index contributed by atoms with van der Waals surface area (Å²) < 4.78 is 5.91. The molecule has 0 bridgehead atoms. The highest BCUT2D eigenvalue weighted by Crippen LogP contribution is 2.33. The van der Waals surface area contributed by atoms with Crippen molar-refractivity contribution >= 4 is 5.78 Å². The van der Waals surface area contributed by atoms with Gasteiger partial charge in [-0.1, -0.05) is 32.4 Å². The number of ketones is 1. The van der Waals surface area contributed by atoms with E-state index in [0.29, 0.717) is 6.42 Å². The number of Topliss-reactive ketones (excluding diaryl/α,β-unsaturated/α-hetero) is 1. The molecular formula is C15H20O2. The van der Waals surface area contributed by atoms with Crippen molar-refractivity contribution in [3.05, 3.63) is 29.3 Å². The Bertz CT molecular complexity index is 441. The highest BCUT2D eigenvalue weighted by Gasteiger charge is 2.29. The van der Waals surface area contributed by atoms with E-state index in [1.165, 1.54) is 0 Å². The SMILES string of the molecule is Cc1ccc2c(c1)C(=O)CC(CC(C)(C)C)O2. The molecule has 1 aromatic carbocycles. The molecule has 0 saturated heterocycles. The molecule has 2 nitrogen and oxygen atoms in total. The fourth-order valence-electron chi connectivity index (χ4n) is 2.30. The molecule has 0 amide bonds. The van der Waals surface area contributed by atoms with Crippen LogP contribution in [-0.2, 0) is 0 Å². The summed E-state index contributed by atoms with van der Waals surface area (Å²) in [5, 5.41) is 0. The van der Waals surface area contributed by atoms with Crippen LogP contribution in [0.1, 0.15) is 49.5 Å². The zero-order valence-electron chi connectivity index (χ0n) is 11.0. The number of hydrogen-bond donors (Lipinski definition) is 0. The van der Waals surface area contributed by atoms with E-state index in [-0.39, 0.29) is 17.3 Å². The van der Waals surface area contributed by atoms with Gasteiger partial charge in [-0.25, -0.2) is 0 Å². The Morgan fingerprint density at radius 2 is 2.06 bits per heavy atom. The van der Waals surface area contributed by atoms with Crippen molar-refractivity contribution in [2.75, 3.05) is 0 Å².